The number of H-pyrrole nitrogens is 1. The molecule has 2 rings (SSSR count). The first-order chi connectivity index (χ1) is 12.1. The molecule has 25 heavy (non-hydrogen) atoms. The highest BCUT2D eigenvalue weighted by molar-refractivity contribution is 8.04. The Morgan fingerprint density at radius 3 is 2.84 bits per heavy atom. The molecule has 0 saturated carbocycles. The van der Waals surface area contributed by atoms with E-state index in [-0.39, 0.29) is 4.91 Å². The maximum absolute atomic E-state index is 11.6. The number of methoxy groups -OCH3 is 1. The van der Waals surface area contributed by atoms with Crippen LogP contribution in [0.5, 0.6) is 11.5 Å². The quantitative estimate of drug-likeness (QED) is 0.520. The highest BCUT2D eigenvalue weighted by atomic mass is 32.2. The number of nitrogens with one attached hydrogen (secondary N) is 1. The van der Waals surface area contributed by atoms with Crippen LogP contribution >= 0.6 is 11.8 Å². The highest BCUT2D eigenvalue weighted by Crippen LogP contribution is 2.35. The van der Waals surface area contributed by atoms with E-state index < -0.39 is 5.97 Å². The molecule has 0 atom stereocenters. The lowest BCUT2D eigenvalue weighted by molar-refractivity contribution is -0.131. The number of nitrogens with zero attached hydrogens (tertiary/aromatic N) is 2. The van der Waals surface area contributed by atoms with Crippen molar-refractivity contribution >= 4 is 23.8 Å². The maximum Gasteiger partial charge on any atom is 0.342 e. The largest absolute Gasteiger partial charge is 0.493 e. The van der Waals surface area contributed by atoms with E-state index in [9.17, 15) is 9.90 Å². The number of aryl methyl sites for hydroxylation is 1. The van der Waals surface area contributed by atoms with Crippen LogP contribution in [0.2, 0.25) is 0 Å². The first-order valence-corrected chi connectivity index (χ1v) is 8.74. The van der Waals surface area contributed by atoms with Crippen LogP contribution in [0.3, 0.4) is 0 Å². The molecule has 0 aliphatic heterocycles. The molecule has 0 bridgehead atoms. The summed E-state index contributed by atoms with van der Waals surface area (Å²) in [5.41, 5.74) is 0.621. The molecule has 1 aromatic carbocycles. The smallest absolute Gasteiger partial charge is 0.342 e. The number of carbonyl (C=O) groups is 1. The number of carboxylic acid groups (broad SMARTS) is 1. The fourth-order valence-electron chi connectivity index (χ4n) is 2.15. The summed E-state index contributed by atoms with van der Waals surface area (Å²) >= 11 is 0.990. The number of thioether (sulfide) groups is 1. The van der Waals surface area contributed by atoms with Crippen molar-refractivity contribution in [1.82, 2.24) is 15.2 Å². The molecular formula is C17H21N3O4S. The summed E-state index contributed by atoms with van der Waals surface area (Å²) in [6.07, 6.45) is 3.24. The number of rotatable bonds is 9. The van der Waals surface area contributed by atoms with Gasteiger partial charge in [-0.05, 0) is 37.2 Å². The first kappa shape index (κ1) is 18.9. The van der Waals surface area contributed by atoms with Crippen molar-refractivity contribution in [2.24, 2.45) is 0 Å². The van der Waals surface area contributed by atoms with Crippen LogP contribution in [-0.2, 0) is 11.2 Å². The van der Waals surface area contributed by atoms with Gasteiger partial charge in [-0.25, -0.2) is 9.78 Å². The topological polar surface area (TPSA) is 97.3 Å². The van der Waals surface area contributed by atoms with Crippen LogP contribution in [0, 0.1) is 0 Å². The number of aromatic amines is 1. The second-order valence-electron chi connectivity index (χ2n) is 5.04. The average Bonchev–Trinajstić information content (AvgIpc) is 3.03. The number of carboxylic acids is 1. The Morgan fingerprint density at radius 1 is 1.40 bits per heavy atom. The van der Waals surface area contributed by atoms with E-state index in [2.05, 4.69) is 15.2 Å². The summed E-state index contributed by atoms with van der Waals surface area (Å²) < 4.78 is 10.9. The van der Waals surface area contributed by atoms with Crippen molar-refractivity contribution in [2.75, 3.05) is 13.7 Å². The zero-order chi connectivity index (χ0) is 18.2. The summed E-state index contributed by atoms with van der Waals surface area (Å²) in [5, 5.41) is 16.8. The predicted molar refractivity (Wildman–Crippen MR) is 96.0 cm³/mol. The summed E-state index contributed by atoms with van der Waals surface area (Å²) in [7, 11) is 1.54. The van der Waals surface area contributed by atoms with Gasteiger partial charge in [-0.1, -0.05) is 19.1 Å². The SMILES string of the molecule is CCCc1nc(S/C(=C\c2cccc(OC)c2OCC)C(=O)O)n[nH]1. The van der Waals surface area contributed by atoms with Gasteiger partial charge in [0.2, 0.25) is 5.16 Å². The van der Waals surface area contributed by atoms with Crippen molar-refractivity contribution in [1.29, 1.82) is 0 Å². The van der Waals surface area contributed by atoms with Gasteiger partial charge in [-0.15, -0.1) is 5.10 Å². The number of ether oxygens (including phenoxy) is 2. The molecule has 0 aliphatic carbocycles. The van der Waals surface area contributed by atoms with Gasteiger partial charge in [-0.3, -0.25) is 5.10 Å². The van der Waals surface area contributed by atoms with Crippen molar-refractivity contribution in [2.45, 2.75) is 31.8 Å². The van der Waals surface area contributed by atoms with Gasteiger partial charge in [0.15, 0.2) is 11.5 Å². The van der Waals surface area contributed by atoms with Gasteiger partial charge < -0.3 is 14.6 Å². The van der Waals surface area contributed by atoms with Crippen molar-refractivity contribution < 1.29 is 19.4 Å². The van der Waals surface area contributed by atoms with Crippen molar-refractivity contribution in [3.8, 4) is 11.5 Å². The van der Waals surface area contributed by atoms with Crippen LogP contribution in [0.25, 0.3) is 6.08 Å². The zero-order valence-corrected chi connectivity index (χ0v) is 15.2. The van der Waals surface area contributed by atoms with E-state index in [0.717, 1.165) is 30.4 Å². The Labute approximate surface area is 150 Å². The number of benzene rings is 1. The Hall–Kier alpha value is -2.48. The Bertz CT molecular complexity index is 758. The lowest BCUT2D eigenvalue weighted by Gasteiger charge is -2.12. The normalized spacial score (nSPS) is 11.4. The van der Waals surface area contributed by atoms with Gasteiger partial charge in [0.25, 0.3) is 0 Å². The molecule has 0 unspecified atom stereocenters. The number of aromatic nitrogens is 3. The number of hydrogen-bond donors (Lipinski definition) is 2. The highest BCUT2D eigenvalue weighted by Gasteiger charge is 2.16. The molecule has 1 aromatic heterocycles. The third-order valence-corrected chi connectivity index (χ3v) is 4.09. The van der Waals surface area contributed by atoms with Crippen LogP contribution in [0.15, 0.2) is 28.3 Å². The molecule has 0 amide bonds. The van der Waals surface area contributed by atoms with E-state index in [0.29, 0.717) is 28.8 Å². The molecule has 0 radical (unpaired) electrons. The molecule has 0 spiro atoms. The van der Waals surface area contributed by atoms with Crippen LogP contribution < -0.4 is 9.47 Å². The number of aliphatic carboxylic acids is 1. The lowest BCUT2D eigenvalue weighted by Crippen LogP contribution is -2.00. The summed E-state index contributed by atoms with van der Waals surface area (Å²) in [6, 6.07) is 5.32. The molecular weight excluding hydrogens is 342 g/mol. The van der Waals surface area contributed by atoms with E-state index in [1.54, 1.807) is 25.3 Å². The van der Waals surface area contributed by atoms with Gasteiger partial charge >= 0.3 is 5.97 Å². The van der Waals surface area contributed by atoms with Crippen LogP contribution in [0.4, 0.5) is 0 Å². The predicted octanol–water partition coefficient (Wildman–Crippen LogP) is 3.38. The minimum atomic E-state index is -1.06. The Balaban J connectivity index is 2.34. The van der Waals surface area contributed by atoms with Gasteiger partial charge in [0.1, 0.15) is 10.7 Å². The summed E-state index contributed by atoms with van der Waals surface area (Å²) in [5.74, 6) is 0.741. The molecule has 0 aliphatic rings. The monoisotopic (exact) mass is 363 g/mol. The second kappa shape index (κ2) is 9.12. The van der Waals surface area contributed by atoms with Gasteiger partial charge in [0, 0.05) is 12.0 Å². The van der Waals surface area contributed by atoms with Gasteiger partial charge in [-0.2, -0.15) is 0 Å². The van der Waals surface area contributed by atoms with E-state index in [4.69, 9.17) is 9.47 Å². The third-order valence-electron chi connectivity index (χ3n) is 3.21. The van der Waals surface area contributed by atoms with Crippen LogP contribution in [-0.4, -0.2) is 40.0 Å². The molecule has 8 heteroatoms. The molecule has 0 saturated heterocycles. The van der Waals surface area contributed by atoms with Crippen molar-refractivity contribution in [3.05, 3.63) is 34.5 Å². The minimum Gasteiger partial charge on any atom is -0.493 e. The molecule has 2 N–H and O–H groups in total. The lowest BCUT2D eigenvalue weighted by atomic mass is 10.1. The average molecular weight is 363 g/mol. The first-order valence-electron chi connectivity index (χ1n) is 7.92. The van der Waals surface area contributed by atoms with Gasteiger partial charge in [0.05, 0.1) is 13.7 Å². The Morgan fingerprint density at radius 2 is 2.20 bits per heavy atom. The number of para-hydroxylation sites is 1. The van der Waals surface area contributed by atoms with E-state index in [1.807, 2.05) is 13.8 Å². The van der Waals surface area contributed by atoms with Crippen LogP contribution in [0.1, 0.15) is 31.7 Å². The van der Waals surface area contributed by atoms with E-state index in [1.165, 1.54) is 6.08 Å². The van der Waals surface area contributed by atoms with E-state index >= 15 is 0 Å². The Kier molecular flexibility index (Phi) is 6.88. The zero-order valence-electron chi connectivity index (χ0n) is 14.4. The maximum atomic E-state index is 11.6. The second-order valence-corrected chi connectivity index (χ2v) is 6.05. The fraction of sp³-hybridized carbons (Fsp3) is 0.353. The molecule has 134 valence electrons. The number of hydrogen-bond acceptors (Lipinski definition) is 6. The fourth-order valence-corrected chi connectivity index (χ4v) is 2.87. The molecule has 0 fully saturated rings. The summed E-state index contributed by atoms with van der Waals surface area (Å²) in [6.45, 7) is 4.34. The minimum absolute atomic E-state index is 0.0938. The summed E-state index contributed by atoms with van der Waals surface area (Å²) in [4.78, 5) is 16.0. The standard InChI is InChI=1S/C17H21N3O4S/c1-4-7-14-18-17(20-19-14)25-13(16(21)22)10-11-8-6-9-12(23-3)15(11)24-5-2/h6,8-10H,4-5,7H2,1-3H3,(H,21,22)(H,18,19,20)/b13-10-. The molecule has 2 aromatic rings. The molecule has 1 heterocycles. The third kappa shape index (κ3) is 4.99. The molecule has 7 nitrogen and oxygen atoms in total. The van der Waals surface area contributed by atoms with Crippen molar-refractivity contribution in [3.63, 3.8) is 0 Å².